The van der Waals surface area contributed by atoms with E-state index in [-0.39, 0.29) is 18.2 Å². The van der Waals surface area contributed by atoms with Gasteiger partial charge in [-0.25, -0.2) is 0 Å². The fourth-order valence-corrected chi connectivity index (χ4v) is 4.81. The molecule has 0 aromatic heterocycles. The largest absolute Gasteiger partial charge is 0.497 e. The number of carbonyl (C=O) groups excluding carboxylic acids is 1. The third kappa shape index (κ3) is 3.44. The summed E-state index contributed by atoms with van der Waals surface area (Å²) in [5.41, 5.74) is 2.57. The maximum absolute atomic E-state index is 12.9. The molecule has 4 rings (SSSR count). The first-order valence-electron chi connectivity index (χ1n) is 8.82. The normalized spacial score (nSPS) is 19.3. The molecule has 1 saturated heterocycles. The van der Waals surface area contributed by atoms with Gasteiger partial charge in [-0.1, -0.05) is 35.5 Å². The Bertz CT molecular complexity index is 984. The number of hydrogen-bond acceptors (Lipinski definition) is 5. The van der Waals surface area contributed by atoms with Crippen molar-refractivity contribution >= 4 is 35.0 Å². The van der Waals surface area contributed by atoms with E-state index in [4.69, 9.17) is 16.3 Å². The molecule has 0 aliphatic carbocycles. The number of halogens is 1. The number of fused-ring (bicyclic) bond motifs is 1. The van der Waals surface area contributed by atoms with E-state index in [1.165, 1.54) is 11.8 Å². The molecule has 1 atom stereocenters. The van der Waals surface area contributed by atoms with Crippen molar-refractivity contribution in [3.05, 3.63) is 69.7 Å². The van der Waals surface area contributed by atoms with E-state index in [9.17, 15) is 10.1 Å². The van der Waals surface area contributed by atoms with E-state index >= 15 is 0 Å². The average Bonchev–Trinajstić information content (AvgIpc) is 2.74. The number of carbonyl (C=O) groups is 1. The minimum absolute atomic E-state index is 0.0213. The lowest BCUT2D eigenvalue weighted by atomic mass is 9.86. The lowest BCUT2D eigenvalue weighted by Gasteiger charge is -2.42. The molecule has 2 aromatic rings. The van der Waals surface area contributed by atoms with Crippen LogP contribution in [0.3, 0.4) is 0 Å². The van der Waals surface area contributed by atoms with Gasteiger partial charge in [-0.2, -0.15) is 5.26 Å². The molecule has 0 radical (unpaired) electrons. The predicted octanol–water partition coefficient (Wildman–Crippen LogP) is 4.57. The number of methoxy groups -OCH3 is 1. The molecule has 2 aromatic carbocycles. The molecular weight excluding hydrogens is 394 g/mol. The second-order valence-electron chi connectivity index (χ2n) is 6.62. The zero-order chi connectivity index (χ0) is 19.7. The zero-order valence-electron chi connectivity index (χ0n) is 15.3. The number of ether oxygens (including phenoxy) is 1. The highest BCUT2D eigenvalue weighted by Gasteiger charge is 2.38. The van der Waals surface area contributed by atoms with Crippen molar-refractivity contribution in [2.45, 2.75) is 12.3 Å². The van der Waals surface area contributed by atoms with Gasteiger partial charge in [0.05, 0.1) is 36.3 Å². The molecule has 2 aliphatic rings. The highest BCUT2D eigenvalue weighted by Crippen LogP contribution is 2.43. The van der Waals surface area contributed by atoms with Crippen LogP contribution in [0.4, 0.5) is 5.69 Å². The maximum atomic E-state index is 12.9. The molecule has 2 aliphatic heterocycles. The van der Waals surface area contributed by atoms with Gasteiger partial charge in [0.25, 0.3) is 0 Å². The van der Waals surface area contributed by atoms with E-state index < -0.39 is 0 Å². The Balaban J connectivity index is 1.66. The van der Waals surface area contributed by atoms with Crippen LogP contribution in [-0.2, 0) is 4.79 Å². The Morgan fingerprint density at radius 1 is 1.25 bits per heavy atom. The van der Waals surface area contributed by atoms with Crippen LogP contribution in [-0.4, -0.2) is 30.5 Å². The van der Waals surface area contributed by atoms with Crippen LogP contribution < -0.4 is 9.64 Å². The summed E-state index contributed by atoms with van der Waals surface area (Å²) in [7, 11) is 1.61. The molecule has 5 nitrogen and oxygen atoms in total. The number of allylic oxidation sites excluding steroid dienone is 1. The fourth-order valence-electron chi connectivity index (χ4n) is 3.52. The minimum Gasteiger partial charge on any atom is -0.497 e. The minimum atomic E-state index is -0.242. The molecule has 1 amide bonds. The summed E-state index contributed by atoms with van der Waals surface area (Å²) in [5, 5.41) is 11.3. The zero-order valence-corrected chi connectivity index (χ0v) is 16.8. The van der Waals surface area contributed by atoms with Crippen molar-refractivity contribution in [3.63, 3.8) is 0 Å². The van der Waals surface area contributed by atoms with Crippen LogP contribution in [0.5, 0.6) is 5.75 Å². The average molecular weight is 412 g/mol. The first-order chi connectivity index (χ1) is 13.6. The van der Waals surface area contributed by atoms with Gasteiger partial charge < -0.3 is 9.64 Å². The number of anilines is 1. The van der Waals surface area contributed by atoms with Crippen LogP contribution >= 0.6 is 23.4 Å². The molecule has 0 saturated carbocycles. The van der Waals surface area contributed by atoms with Gasteiger partial charge in [0.15, 0.2) is 0 Å². The lowest BCUT2D eigenvalue weighted by molar-refractivity contribution is -0.129. The van der Waals surface area contributed by atoms with Gasteiger partial charge in [0.2, 0.25) is 5.91 Å². The summed E-state index contributed by atoms with van der Waals surface area (Å²) in [4.78, 5) is 16.8. The molecule has 0 bridgehead atoms. The molecule has 0 spiro atoms. The number of rotatable bonds is 3. The third-order valence-corrected chi connectivity index (χ3v) is 6.39. The Kier molecular flexibility index (Phi) is 5.21. The van der Waals surface area contributed by atoms with Crippen molar-refractivity contribution in [1.82, 2.24) is 4.90 Å². The van der Waals surface area contributed by atoms with E-state index in [0.29, 0.717) is 23.1 Å². The Labute approximate surface area is 173 Å². The quantitative estimate of drug-likeness (QED) is 0.740. The van der Waals surface area contributed by atoms with Gasteiger partial charge >= 0.3 is 0 Å². The Morgan fingerprint density at radius 2 is 2.04 bits per heavy atom. The number of nitriles is 1. The van der Waals surface area contributed by atoms with Crippen LogP contribution in [0.2, 0.25) is 5.02 Å². The number of benzene rings is 2. The third-order valence-electron chi connectivity index (χ3n) is 4.98. The summed E-state index contributed by atoms with van der Waals surface area (Å²) in [6.45, 7) is 0.429. The van der Waals surface area contributed by atoms with E-state index in [0.717, 1.165) is 22.0 Å². The van der Waals surface area contributed by atoms with E-state index in [1.807, 2.05) is 48.5 Å². The second kappa shape index (κ2) is 7.78. The number of nitrogens with zero attached hydrogens (tertiary/aromatic N) is 3. The topological polar surface area (TPSA) is 56.6 Å². The number of hydrogen-bond donors (Lipinski definition) is 0. The van der Waals surface area contributed by atoms with Gasteiger partial charge in [0, 0.05) is 23.0 Å². The first kappa shape index (κ1) is 18.7. The summed E-state index contributed by atoms with van der Waals surface area (Å²) in [6.07, 6.45) is 0.272. The van der Waals surface area contributed by atoms with Gasteiger partial charge in [-0.3, -0.25) is 9.69 Å². The maximum Gasteiger partial charge on any atom is 0.229 e. The Morgan fingerprint density at radius 3 is 2.75 bits per heavy atom. The molecule has 2 heterocycles. The SMILES string of the molecule is COc1cccc([C@H]2CC(=O)N3CN(c4ccc(Cl)cc4)CSC3=C2C#N)c1. The van der Waals surface area contributed by atoms with Crippen molar-refractivity contribution < 1.29 is 9.53 Å². The van der Waals surface area contributed by atoms with E-state index in [1.54, 1.807) is 12.0 Å². The van der Waals surface area contributed by atoms with Crippen LogP contribution in [0.25, 0.3) is 0 Å². The van der Waals surface area contributed by atoms with Gasteiger partial charge in [0.1, 0.15) is 5.75 Å². The van der Waals surface area contributed by atoms with Crippen molar-refractivity contribution in [3.8, 4) is 11.8 Å². The monoisotopic (exact) mass is 411 g/mol. The molecule has 1 fully saturated rings. The first-order valence-corrected chi connectivity index (χ1v) is 10.2. The van der Waals surface area contributed by atoms with Crippen LogP contribution in [0.1, 0.15) is 17.9 Å². The highest BCUT2D eigenvalue weighted by atomic mass is 35.5. The molecular formula is C21H18ClN3O2S. The number of amides is 1. The van der Waals surface area contributed by atoms with Crippen LogP contribution in [0, 0.1) is 11.3 Å². The summed E-state index contributed by atoms with van der Waals surface area (Å²) >= 11 is 7.50. The van der Waals surface area contributed by atoms with Crippen LogP contribution in [0.15, 0.2) is 59.1 Å². The lowest BCUT2D eigenvalue weighted by Crippen LogP contribution is -2.47. The van der Waals surface area contributed by atoms with Gasteiger partial charge in [-0.15, -0.1) is 0 Å². The van der Waals surface area contributed by atoms with Crippen molar-refractivity contribution in [1.29, 1.82) is 5.26 Å². The Hall–Kier alpha value is -2.62. The molecule has 142 valence electrons. The second-order valence-corrected chi connectivity index (χ2v) is 7.99. The molecule has 7 heteroatoms. The van der Waals surface area contributed by atoms with Crippen molar-refractivity contribution in [2.24, 2.45) is 0 Å². The number of thioether (sulfide) groups is 1. The summed E-state index contributed by atoms with van der Waals surface area (Å²) in [6, 6.07) is 17.5. The summed E-state index contributed by atoms with van der Waals surface area (Å²) < 4.78 is 5.30. The summed E-state index contributed by atoms with van der Waals surface area (Å²) in [5.74, 6) is 1.16. The predicted molar refractivity (Wildman–Crippen MR) is 111 cm³/mol. The smallest absolute Gasteiger partial charge is 0.229 e. The fraction of sp³-hybridized carbons (Fsp3) is 0.238. The van der Waals surface area contributed by atoms with E-state index in [2.05, 4.69) is 11.0 Å². The standard InChI is InChI=1S/C21H18ClN3O2S/c1-27-17-4-2-3-14(9-17)18-10-20(26)25-12-24(13-28-21(25)19(18)11-23)16-7-5-15(22)6-8-16/h2-9,18H,10,12-13H2,1H3/t18-/m1/s1. The molecule has 0 N–H and O–H groups in total. The van der Waals surface area contributed by atoms with Crippen molar-refractivity contribution in [2.75, 3.05) is 24.6 Å². The van der Waals surface area contributed by atoms with Gasteiger partial charge in [-0.05, 0) is 42.0 Å². The molecule has 0 unspecified atom stereocenters. The highest BCUT2D eigenvalue weighted by molar-refractivity contribution is 8.03. The molecule has 28 heavy (non-hydrogen) atoms.